The van der Waals surface area contributed by atoms with E-state index in [1.54, 1.807) is 0 Å². The molecule has 0 aliphatic heterocycles. The smallest absolute Gasteiger partial charge is 0 e. The Balaban J connectivity index is 0.00000128. The van der Waals surface area contributed by atoms with E-state index >= 15 is 0 Å². The molecule has 0 bridgehead atoms. The molecule has 0 atom stereocenters. The predicted molar refractivity (Wildman–Crippen MR) is 73.1 cm³/mol. The van der Waals surface area contributed by atoms with Crippen molar-refractivity contribution >= 4 is 53.4 Å². The summed E-state index contributed by atoms with van der Waals surface area (Å²) in [4.78, 5) is 0. The zero-order chi connectivity index (χ0) is 10.7. The van der Waals surface area contributed by atoms with Gasteiger partial charge in [-0.15, -0.1) is 0 Å². The van der Waals surface area contributed by atoms with Crippen LogP contribution in [0, 0.1) is 13.8 Å². The standard InChI is InChI=1S/C14H14Se.Na/c1-11-3-7-13(8-4-11)15-14-9-5-12(2)6-10-14;/h3-10H,1-2H3;. The normalized spacial score (nSPS) is 9.62. The molecule has 0 N–H and O–H groups in total. The van der Waals surface area contributed by atoms with Crippen molar-refractivity contribution in [1.29, 1.82) is 0 Å². The van der Waals surface area contributed by atoms with Crippen LogP contribution in [0.4, 0.5) is 0 Å². The molecule has 0 aliphatic carbocycles. The Morgan fingerprint density at radius 3 is 1.25 bits per heavy atom. The molecule has 0 heterocycles. The minimum atomic E-state index is 0. The third-order valence-corrected chi connectivity index (χ3v) is 4.41. The summed E-state index contributed by atoms with van der Waals surface area (Å²) in [5.74, 6) is 0. The van der Waals surface area contributed by atoms with Gasteiger partial charge in [0.1, 0.15) is 0 Å². The fourth-order valence-corrected chi connectivity index (χ4v) is 3.06. The van der Waals surface area contributed by atoms with Crippen LogP contribution in [0.15, 0.2) is 48.5 Å². The van der Waals surface area contributed by atoms with Crippen molar-refractivity contribution in [2.75, 3.05) is 0 Å². The second-order valence-electron chi connectivity index (χ2n) is 3.73. The first kappa shape index (κ1) is 14.0. The maximum absolute atomic E-state index is 2.23. The first-order chi connectivity index (χ1) is 7.24. The third-order valence-electron chi connectivity index (χ3n) is 2.28. The van der Waals surface area contributed by atoms with Crippen molar-refractivity contribution < 1.29 is 0 Å². The topological polar surface area (TPSA) is 0 Å². The molecule has 0 aliphatic rings. The summed E-state index contributed by atoms with van der Waals surface area (Å²) in [6.45, 7) is 4.26. The van der Waals surface area contributed by atoms with Gasteiger partial charge in [-0.05, 0) is 0 Å². The van der Waals surface area contributed by atoms with E-state index in [4.69, 9.17) is 0 Å². The summed E-state index contributed by atoms with van der Waals surface area (Å²) in [7, 11) is 0. The van der Waals surface area contributed by atoms with Gasteiger partial charge in [0.15, 0.2) is 0 Å². The Morgan fingerprint density at radius 1 is 0.625 bits per heavy atom. The van der Waals surface area contributed by atoms with Gasteiger partial charge < -0.3 is 0 Å². The van der Waals surface area contributed by atoms with Gasteiger partial charge in [-0.3, -0.25) is 0 Å². The van der Waals surface area contributed by atoms with Crippen LogP contribution in [-0.4, -0.2) is 44.5 Å². The molecular formula is C14H14NaSe. The van der Waals surface area contributed by atoms with E-state index in [9.17, 15) is 0 Å². The molecule has 0 nitrogen and oxygen atoms in total. The molecule has 77 valence electrons. The number of aryl methyl sites for hydroxylation is 2. The molecule has 0 unspecified atom stereocenters. The number of hydrogen-bond acceptors (Lipinski definition) is 0. The molecule has 1 radical (unpaired) electrons. The molecular weight excluding hydrogens is 270 g/mol. The van der Waals surface area contributed by atoms with Crippen LogP contribution in [0.3, 0.4) is 0 Å². The second kappa shape index (κ2) is 6.64. The molecule has 0 amide bonds. The van der Waals surface area contributed by atoms with Crippen molar-refractivity contribution in [3.8, 4) is 0 Å². The van der Waals surface area contributed by atoms with E-state index in [-0.39, 0.29) is 29.6 Å². The van der Waals surface area contributed by atoms with Crippen molar-refractivity contribution in [3.63, 3.8) is 0 Å². The monoisotopic (exact) mass is 285 g/mol. The minimum Gasteiger partial charge on any atom is 0 e. The minimum absolute atomic E-state index is 0. The fourth-order valence-electron chi connectivity index (χ4n) is 1.35. The Bertz CT molecular complexity index is 388. The predicted octanol–water partition coefficient (Wildman–Crippen LogP) is 1.58. The Kier molecular flexibility index (Phi) is 5.82. The zero-order valence-electron chi connectivity index (χ0n) is 10.0. The van der Waals surface area contributed by atoms with Crippen molar-refractivity contribution in [1.82, 2.24) is 0 Å². The zero-order valence-corrected chi connectivity index (χ0v) is 13.7. The summed E-state index contributed by atoms with van der Waals surface area (Å²) in [6.07, 6.45) is 0. The maximum Gasteiger partial charge on any atom is 0 e. The van der Waals surface area contributed by atoms with Crippen LogP contribution in [0.5, 0.6) is 0 Å². The average Bonchev–Trinajstić information content (AvgIpc) is 2.25. The Labute approximate surface area is 126 Å². The maximum atomic E-state index is 2.23. The molecule has 0 saturated carbocycles. The van der Waals surface area contributed by atoms with Gasteiger partial charge in [-0.1, -0.05) is 0 Å². The van der Waals surface area contributed by atoms with Crippen LogP contribution >= 0.6 is 0 Å². The van der Waals surface area contributed by atoms with Crippen molar-refractivity contribution in [3.05, 3.63) is 59.7 Å². The number of benzene rings is 2. The molecule has 2 heteroatoms. The largest absolute Gasteiger partial charge is 0 e. The molecule has 0 saturated heterocycles. The van der Waals surface area contributed by atoms with E-state index in [2.05, 4.69) is 62.4 Å². The second-order valence-corrected chi connectivity index (χ2v) is 6.13. The van der Waals surface area contributed by atoms with Gasteiger partial charge in [0.25, 0.3) is 0 Å². The Hall–Kier alpha value is -0.0405. The van der Waals surface area contributed by atoms with E-state index in [0.717, 1.165) is 0 Å². The van der Waals surface area contributed by atoms with Crippen LogP contribution in [0.1, 0.15) is 11.1 Å². The molecule has 2 aromatic rings. The molecule has 0 spiro atoms. The first-order valence-corrected chi connectivity index (χ1v) is 6.76. The molecule has 0 aromatic heterocycles. The van der Waals surface area contributed by atoms with Gasteiger partial charge >= 0.3 is 97.4 Å². The fraction of sp³-hybridized carbons (Fsp3) is 0.143. The summed E-state index contributed by atoms with van der Waals surface area (Å²) < 4.78 is 2.88. The number of hydrogen-bond donors (Lipinski definition) is 0. The molecule has 2 rings (SSSR count). The molecule has 16 heavy (non-hydrogen) atoms. The van der Waals surface area contributed by atoms with Gasteiger partial charge in [-0.2, -0.15) is 0 Å². The summed E-state index contributed by atoms with van der Waals surface area (Å²) in [6, 6.07) is 17.7. The van der Waals surface area contributed by atoms with Crippen molar-refractivity contribution in [2.45, 2.75) is 13.8 Å². The van der Waals surface area contributed by atoms with E-state index in [1.165, 1.54) is 20.1 Å². The quantitative estimate of drug-likeness (QED) is 0.735. The molecule has 2 aromatic carbocycles. The molecule has 0 fully saturated rings. The van der Waals surface area contributed by atoms with Crippen LogP contribution in [0.2, 0.25) is 0 Å². The third kappa shape index (κ3) is 4.08. The summed E-state index contributed by atoms with van der Waals surface area (Å²) >= 11 is 0.446. The van der Waals surface area contributed by atoms with Gasteiger partial charge in [0.2, 0.25) is 0 Å². The van der Waals surface area contributed by atoms with E-state index in [0.29, 0.717) is 15.0 Å². The van der Waals surface area contributed by atoms with Crippen LogP contribution in [-0.2, 0) is 0 Å². The average molecular weight is 284 g/mol. The van der Waals surface area contributed by atoms with Gasteiger partial charge in [0.05, 0.1) is 0 Å². The van der Waals surface area contributed by atoms with Gasteiger partial charge in [0, 0.05) is 29.6 Å². The van der Waals surface area contributed by atoms with E-state index in [1.807, 2.05) is 0 Å². The summed E-state index contributed by atoms with van der Waals surface area (Å²) in [5, 5.41) is 0. The first-order valence-electron chi connectivity index (χ1n) is 5.05. The summed E-state index contributed by atoms with van der Waals surface area (Å²) in [5.41, 5.74) is 2.66. The van der Waals surface area contributed by atoms with Crippen LogP contribution < -0.4 is 8.92 Å². The Morgan fingerprint density at radius 2 is 0.938 bits per heavy atom. The SMILES string of the molecule is Cc1ccc([Se]c2ccc(C)cc2)cc1.[Na]. The number of rotatable bonds is 2. The van der Waals surface area contributed by atoms with Crippen LogP contribution in [0.25, 0.3) is 0 Å². The van der Waals surface area contributed by atoms with Crippen molar-refractivity contribution in [2.24, 2.45) is 0 Å². The van der Waals surface area contributed by atoms with E-state index < -0.39 is 0 Å². The van der Waals surface area contributed by atoms with Gasteiger partial charge in [-0.25, -0.2) is 0 Å².